The van der Waals surface area contributed by atoms with Gasteiger partial charge in [0.15, 0.2) is 0 Å². The van der Waals surface area contributed by atoms with Gasteiger partial charge in [-0.25, -0.2) is 0 Å². The van der Waals surface area contributed by atoms with Crippen molar-refractivity contribution in [1.82, 2.24) is 0 Å². The van der Waals surface area contributed by atoms with Crippen LogP contribution in [0.25, 0.3) is 11.1 Å². The van der Waals surface area contributed by atoms with Gasteiger partial charge in [-0.15, -0.1) is 0 Å². The summed E-state index contributed by atoms with van der Waals surface area (Å²) in [4.78, 5) is 11.9. The predicted molar refractivity (Wildman–Crippen MR) is 87.8 cm³/mol. The van der Waals surface area contributed by atoms with E-state index in [1.54, 1.807) is 6.07 Å². The van der Waals surface area contributed by atoms with Crippen LogP contribution in [-0.2, 0) is 22.4 Å². The maximum Gasteiger partial charge on any atom is 0.310 e. The zero-order chi connectivity index (χ0) is 15.9. The van der Waals surface area contributed by atoms with Gasteiger partial charge in [0.2, 0.25) is 0 Å². The minimum Gasteiger partial charge on any atom is -0.508 e. The van der Waals surface area contributed by atoms with Crippen LogP contribution in [-0.4, -0.2) is 17.7 Å². The van der Waals surface area contributed by atoms with E-state index >= 15 is 0 Å². The Balaban J connectivity index is 2.41. The van der Waals surface area contributed by atoms with Gasteiger partial charge in [-0.2, -0.15) is 0 Å². The Morgan fingerprint density at radius 1 is 1.18 bits per heavy atom. The Hall–Kier alpha value is -2.55. The number of rotatable bonds is 6. The Bertz CT molecular complexity index is 660. The second-order valence-electron chi connectivity index (χ2n) is 4.96. The van der Waals surface area contributed by atoms with Gasteiger partial charge in [0.1, 0.15) is 12.4 Å². The average molecular weight is 296 g/mol. The molecular formula is C19H20O3. The molecule has 0 bridgehead atoms. The lowest BCUT2D eigenvalue weighted by molar-refractivity contribution is -0.141. The summed E-state index contributed by atoms with van der Waals surface area (Å²) in [6.45, 7) is 5.71. The van der Waals surface area contributed by atoms with Gasteiger partial charge in [-0.3, -0.25) is 4.79 Å². The summed E-state index contributed by atoms with van der Waals surface area (Å²) in [7, 11) is 0. The van der Waals surface area contributed by atoms with Crippen LogP contribution in [0.4, 0.5) is 0 Å². The molecule has 0 aliphatic rings. The lowest BCUT2D eigenvalue weighted by atomic mass is 9.91. The Morgan fingerprint density at radius 3 is 2.55 bits per heavy atom. The molecule has 0 unspecified atom stereocenters. The van der Waals surface area contributed by atoms with Crippen molar-refractivity contribution in [3.05, 3.63) is 66.2 Å². The number of esters is 1. The number of benzene rings is 2. The highest BCUT2D eigenvalue weighted by atomic mass is 16.5. The van der Waals surface area contributed by atoms with Crippen molar-refractivity contribution in [2.45, 2.75) is 19.8 Å². The van der Waals surface area contributed by atoms with E-state index in [4.69, 9.17) is 4.74 Å². The maximum absolute atomic E-state index is 11.9. The van der Waals surface area contributed by atoms with E-state index in [1.807, 2.05) is 43.3 Å². The first kappa shape index (κ1) is 15.8. The Labute approximate surface area is 130 Å². The molecule has 0 saturated heterocycles. The van der Waals surface area contributed by atoms with Crippen molar-refractivity contribution in [3.63, 3.8) is 0 Å². The maximum atomic E-state index is 11.9. The van der Waals surface area contributed by atoms with E-state index < -0.39 is 0 Å². The Kier molecular flexibility index (Phi) is 5.37. The summed E-state index contributed by atoms with van der Waals surface area (Å²) in [5.41, 5.74) is 3.71. The van der Waals surface area contributed by atoms with Gasteiger partial charge in [0, 0.05) is 5.56 Å². The highest BCUT2D eigenvalue weighted by molar-refractivity contribution is 5.78. The fourth-order valence-corrected chi connectivity index (χ4v) is 2.52. The Morgan fingerprint density at radius 2 is 1.91 bits per heavy atom. The van der Waals surface area contributed by atoms with Crippen molar-refractivity contribution >= 4 is 5.97 Å². The first-order chi connectivity index (χ1) is 10.7. The SMILES string of the molecule is C=CCOC(=O)Cc1c(O)ccc(-c2ccccc2)c1CC. The molecule has 114 valence electrons. The van der Waals surface area contributed by atoms with Gasteiger partial charge >= 0.3 is 5.97 Å². The molecule has 0 aliphatic carbocycles. The van der Waals surface area contributed by atoms with E-state index in [0.29, 0.717) is 5.56 Å². The summed E-state index contributed by atoms with van der Waals surface area (Å²) < 4.78 is 5.03. The molecule has 22 heavy (non-hydrogen) atoms. The number of phenolic OH excluding ortho intramolecular Hbond substituents is 1. The first-order valence-electron chi connectivity index (χ1n) is 7.33. The van der Waals surface area contributed by atoms with Gasteiger partial charge in [0.25, 0.3) is 0 Å². The fourth-order valence-electron chi connectivity index (χ4n) is 2.52. The zero-order valence-electron chi connectivity index (χ0n) is 12.7. The summed E-state index contributed by atoms with van der Waals surface area (Å²) in [6.07, 6.45) is 2.31. The molecule has 3 nitrogen and oxygen atoms in total. The summed E-state index contributed by atoms with van der Waals surface area (Å²) in [5.74, 6) is -0.234. The number of aromatic hydroxyl groups is 1. The van der Waals surface area contributed by atoms with Crippen LogP contribution in [0.2, 0.25) is 0 Å². The monoisotopic (exact) mass is 296 g/mol. The van der Waals surface area contributed by atoms with Gasteiger partial charge in [-0.1, -0.05) is 56.0 Å². The molecule has 1 N–H and O–H groups in total. The molecule has 0 fully saturated rings. The minimum atomic E-state index is -0.366. The van der Waals surface area contributed by atoms with Crippen LogP contribution in [0.5, 0.6) is 5.75 Å². The number of carbonyl (C=O) groups excluding carboxylic acids is 1. The van der Waals surface area contributed by atoms with E-state index in [2.05, 4.69) is 6.58 Å². The topological polar surface area (TPSA) is 46.5 Å². The molecule has 0 atom stereocenters. The van der Waals surface area contributed by atoms with Crippen LogP contribution in [0.15, 0.2) is 55.1 Å². The molecule has 0 aliphatic heterocycles. The molecule has 0 spiro atoms. The molecule has 0 radical (unpaired) electrons. The molecule has 2 aromatic rings. The van der Waals surface area contributed by atoms with Gasteiger partial charge in [-0.05, 0) is 29.2 Å². The largest absolute Gasteiger partial charge is 0.508 e. The highest BCUT2D eigenvalue weighted by Crippen LogP contribution is 2.32. The van der Waals surface area contributed by atoms with Crippen molar-refractivity contribution < 1.29 is 14.6 Å². The lowest BCUT2D eigenvalue weighted by Gasteiger charge is -2.15. The van der Waals surface area contributed by atoms with Gasteiger partial charge < -0.3 is 9.84 Å². The molecule has 0 heterocycles. The van der Waals surface area contributed by atoms with Crippen LogP contribution in [0.1, 0.15) is 18.1 Å². The van der Waals surface area contributed by atoms with E-state index in [1.165, 1.54) is 6.08 Å². The summed E-state index contributed by atoms with van der Waals surface area (Å²) in [5, 5.41) is 10.1. The number of hydrogen-bond acceptors (Lipinski definition) is 3. The predicted octanol–water partition coefficient (Wildman–Crippen LogP) is 3.89. The normalized spacial score (nSPS) is 10.2. The summed E-state index contributed by atoms with van der Waals surface area (Å²) in [6, 6.07) is 13.5. The smallest absolute Gasteiger partial charge is 0.310 e. The lowest BCUT2D eigenvalue weighted by Crippen LogP contribution is -2.10. The molecule has 2 aromatic carbocycles. The second-order valence-corrected chi connectivity index (χ2v) is 4.96. The van der Waals surface area contributed by atoms with Crippen molar-refractivity contribution in [3.8, 4) is 16.9 Å². The molecule has 0 amide bonds. The van der Waals surface area contributed by atoms with Crippen LogP contribution < -0.4 is 0 Å². The quantitative estimate of drug-likeness (QED) is 0.649. The number of carbonyl (C=O) groups is 1. The third-order valence-corrected chi connectivity index (χ3v) is 3.53. The van der Waals surface area contributed by atoms with E-state index in [-0.39, 0.29) is 24.7 Å². The standard InChI is InChI=1S/C19H20O3/c1-3-12-22-19(21)13-17-15(4-2)16(10-11-18(17)20)14-8-6-5-7-9-14/h3,5-11,20H,1,4,12-13H2,2H3. The number of ether oxygens (including phenoxy) is 1. The molecule has 0 saturated carbocycles. The molecular weight excluding hydrogens is 276 g/mol. The van der Waals surface area contributed by atoms with E-state index in [0.717, 1.165) is 23.1 Å². The van der Waals surface area contributed by atoms with E-state index in [9.17, 15) is 9.90 Å². The fraction of sp³-hybridized carbons (Fsp3) is 0.211. The summed E-state index contributed by atoms with van der Waals surface area (Å²) >= 11 is 0. The third-order valence-electron chi connectivity index (χ3n) is 3.53. The zero-order valence-corrected chi connectivity index (χ0v) is 12.7. The molecule has 2 rings (SSSR count). The number of phenols is 1. The molecule has 0 aromatic heterocycles. The first-order valence-corrected chi connectivity index (χ1v) is 7.33. The van der Waals surface area contributed by atoms with Crippen molar-refractivity contribution in [1.29, 1.82) is 0 Å². The van der Waals surface area contributed by atoms with Crippen molar-refractivity contribution in [2.75, 3.05) is 6.61 Å². The van der Waals surface area contributed by atoms with Crippen LogP contribution in [0, 0.1) is 0 Å². The third kappa shape index (κ3) is 3.55. The number of hydrogen-bond donors (Lipinski definition) is 1. The van der Waals surface area contributed by atoms with Gasteiger partial charge in [0.05, 0.1) is 6.42 Å². The molecule has 3 heteroatoms. The van der Waals surface area contributed by atoms with Crippen LogP contribution >= 0.6 is 0 Å². The highest BCUT2D eigenvalue weighted by Gasteiger charge is 2.16. The minimum absolute atomic E-state index is 0.0590. The average Bonchev–Trinajstić information content (AvgIpc) is 2.55. The second kappa shape index (κ2) is 7.46. The van der Waals surface area contributed by atoms with Crippen molar-refractivity contribution in [2.24, 2.45) is 0 Å². The van der Waals surface area contributed by atoms with Crippen LogP contribution in [0.3, 0.4) is 0 Å².